The molecule has 1 aromatic heterocycles. The van der Waals surface area contributed by atoms with E-state index in [0.29, 0.717) is 6.04 Å². The van der Waals surface area contributed by atoms with Crippen molar-refractivity contribution in [3.8, 4) is 0 Å². The van der Waals surface area contributed by atoms with Gasteiger partial charge in [0.2, 0.25) is 0 Å². The van der Waals surface area contributed by atoms with Crippen LogP contribution in [0.2, 0.25) is 0 Å². The number of hydrogen-bond donors (Lipinski definition) is 0. The Kier molecular flexibility index (Phi) is 2.35. The van der Waals surface area contributed by atoms with Crippen LogP contribution in [0, 0.1) is 0 Å². The van der Waals surface area contributed by atoms with Crippen molar-refractivity contribution in [1.82, 2.24) is 3.11 Å². The van der Waals surface area contributed by atoms with Gasteiger partial charge in [0.05, 0.1) is 33.9 Å². The van der Waals surface area contributed by atoms with Crippen LogP contribution in [-0.2, 0) is 0 Å². The highest BCUT2D eigenvalue weighted by Gasteiger charge is 2.22. The maximum atomic E-state index is 6.07. The van der Waals surface area contributed by atoms with Gasteiger partial charge in [-0.2, -0.15) is 0 Å². The SMILES string of the molecule is CC1c2sccc2C(Cl)=CN1I. The maximum Gasteiger partial charge on any atom is 0.0707 e. The molecule has 0 spiro atoms. The van der Waals surface area contributed by atoms with Crippen LogP contribution in [0.15, 0.2) is 17.6 Å². The molecule has 2 heterocycles. The molecule has 2 rings (SSSR count). The second-order valence-electron chi connectivity index (χ2n) is 2.70. The highest BCUT2D eigenvalue weighted by Crippen LogP contribution is 2.40. The van der Waals surface area contributed by atoms with Crippen molar-refractivity contribution in [2.75, 3.05) is 0 Å². The topological polar surface area (TPSA) is 3.24 Å². The number of halogens is 2. The van der Waals surface area contributed by atoms with E-state index < -0.39 is 0 Å². The van der Waals surface area contributed by atoms with Gasteiger partial charge in [-0.1, -0.05) is 11.6 Å². The normalized spacial score (nSPS) is 22.1. The molecule has 12 heavy (non-hydrogen) atoms. The van der Waals surface area contributed by atoms with Gasteiger partial charge in [-0.3, -0.25) is 0 Å². The van der Waals surface area contributed by atoms with Crippen LogP contribution in [0.5, 0.6) is 0 Å². The molecule has 0 saturated heterocycles. The van der Waals surface area contributed by atoms with Crippen LogP contribution in [0.1, 0.15) is 23.4 Å². The first-order valence-electron chi connectivity index (χ1n) is 3.59. The molecule has 0 fully saturated rings. The van der Waals surface area contributed by atoms with E-state index >= 15 is 0 Å². The van der Waals surface area contributed by atoms with Crippen LogP contribution in [0.25, 0.3) is 5.03 Å². The van der Waals surface area contributed by atoms with Crippen molar-refractivity contribution in [2.24, 2.45) is 0 Å². The predicted molar refractivity (Wildman–Crippen MR) is 62.4 cm³/mol. The minimum Gasteiger partial charge on any atom is -0.312 e. The Bertz CT molecular complexity index is 334. The molecule has 64 valence electrons. The number of hydrogen-bond acceptors (Lipinski definition) is 2. The largest absolute Gasteiger partial charge is 0.312 e. The summed E-state index contributed by atoms with van der Waals surface area (Å²) >= 11 is 10.1. The second kappa shape index (κ2) is 3.20. The van der Waals surface area contributed by atoms with E-state index in [9.17, 15) is 0 Å². The van der Waals surface area contributed by atoms with Crippen LogP contribution < -0.4 is 0 Å². The molecule has 0 bridgehead atoms. The zero-order valence-corrected chi connectivity index (χ0v) is 10.2. The molecular weight excluding hydrogens is 305 g/mol. The lowest BCUT2D eigenvalue weighted by atomic mass is 10.1. The summed E-state index contributed by atoms with van der Waals surface area (Å²) in [5.41, 5.74) is 1.20. The molecule has 0 aromatic carbocycles. The van der Waals surface area contributed by atoms with Gasteiger partial charge >= 0.3 is 0 Å². The molecule has 0 aliphatic carbocycles. The molecule has 1 aromatic rings. The van der Waals surface area contributed by atoms with Crippen LogP contribution in [0.3, 0.4) is 0 Å². The van der Waals surface area contributed by atoms with E-state index in [1.54, 1.807) is 11.3 Å². The van der Waals surface area contributed by atoms with Crippen molar-refractivity contribution in [1.29, 1.82) is 0 Å². The van der Waals surface area contributed by atoms with Crippen molar-refractivity contribution in [3.63, 3.8) is 0 Å². The molecular formula is C8H7ClINS. The predicted octanol–water partition coefficient (Wildman–Crippen LogP) is 4.01. The molecule has 1 unspecified atom stereocenters. The minimum atomic E-state index is 0.447. The van der Waals surface area contributed by atoms with E-state index in [4.69, 9.17) is 11.6 Å². The average molecular weight is 312 g/mol. The standard InChI is InChI=1S/C8H7ClINS/c1-5-8-6(2-3-12-8)7(9)4-11(5)10/h2-5H,1H3. The zero-order valence-electron chi connectivity index (χ0n) is 6.42. The summed E-state index contributed by atoms with van der Waals surface area (Å²) < 4.78 is 2.11. The van der Waals surface area contributed by atoms with Gasteiger partial charge in [0.1, 0.15) is 0 Å². The van der Waals surface area contributed by atoms with Gasteiger partial charge in [0.25, 0.3) is 0 Å². The molecule has 0 radical (unpaired) electrons. The molecule has 1 aliphatic rings. The summed E-state index contributed by atoms with van der Waals surface area (Å²) in [5, 5.41) is 2.94. The van der Waals surface area contributed by atoms with Gasteiger partial charge < -0.3 is 3.11 Å². The number of thiophene rings is 1. The van der Waals surface area contributed by atoms with E-state index in [2.05, 4.69) is 44.3 Å². The van der Waals surface area contributed by atoms with E-state index in [-0.39, 0.29) is 0 Å². The van der Waals surface area contributed by atoms with Crippen LogP contribution in [-0.4, -0.2) is 3.11 Å². The third-order valence-electron chi connectivity index (χ3n) is 1.94. The summed E-state index contributed by atoms with van der Waals surface area (Å²) in [5.74, 6) is 0. The highest BCUT2D eigenvalue weighted by molar-refractivity contribution is 14.1. The second-order valence-corrected chi connectivity index (χ2v) is 5.16. The first kappa shape index (κ1) is 8.84. The monoisotopic (exact) mass is 311 g/mol. The van der Waals surface area contributed by atoms with Crippen molar-refractivity contribution in [3.05, 3.63) is 28.1 Å². The van der Waals surface area contributed by atoms with Crippen molar-refractivity contribution < 1.29 is 0 Å². The molecule has 1 nitrogen and oxygen atoms in total. The van der Waals surface area contributed by atoms with Gasteiger partial charge in [-0.15, -0.1) is 11.3 Å². The summed E-state index contributed by atoms with van der Waals surface area (Å²) in [6.07, 6.45) is 1.97. The molecule has 1 aliphatic heterocycles. The van der Waals surface area contributed by atoms with E-state index in [1.807, 2.05) is 6.20 Å². The third kappa shape index (κ3) is 1.28. The fourth-order valence-corrected chi connectivity index (χ4v) is 3.45. The summed E-state index contributed by atoms with van der Waals surface area (Å²) in [6, 6.07) is 2.53. The van der Waals surface area contributed by atoms with Gasteiger partial charge in [0, 0.05) is 16.6 Å². The Hall–Kier alpha value is 0.260. The first-order valence-corrected chi connectivity index (χ1v) is 5.81. The molecule has 0 saturated carbocycles. The molecule has 0 amide bonds. The third-order valence-corrected chi connectivity index (χ3v) is 4.44. The summed E-state index contributed by atoms with van der Waals surface area (Å²) in [7, 11) is 0. The Morgan fingerprint density at radius 2 is 2.42 bits per heavy atom. The average Bonchev–Trinajstić information content (AvgIpc) is 2.48. The summed E-state index contributed by atoms with van der Waals surface area (Å²) in [6.45, 7) is 2.18. The van der Waals surface area contributed by atoms with Crippen molar-refractivity contribution in [2.45, 2.75) is 13.0 Å². The molecule has 4 heteroatoms. The highest BCUT2D eigenvalue weighted by atomic mass is 127. The van der Waals surface area contributed by atoms with E-state index in [1.165, 1.54) is 10.4 Å². The smallest absolute Gasteiger partial charge is 0.0707 e. The Morgan fingerprint density at radius 3 is 3.17 bits per heavy atom. The van der Waals surface area contributed by atoms with Crippen LogP contribution in [0.4, 0.5) is 0 Å². The van der Waals surface area contributed by atoms with Gasteiger partial charge in [-0.05, 0) is 18.4 Å². The lowest BCUT2D eigenvalue weighted by Gasteiger charge is -2.25. The maximum absolute atomic E-state index is 6.07. The van der Waals surface area contributed by atoms with Gasteiger partial charge in [-0.25, -0.2) is 0 Å². The minimum absolute atomic E-state index is 0.447. The lowest BCUT2D eigenvalue weighted by molar-refractivity contribution is 0.533. The molecule has 1 atom stereocenters. The number of fused-ring (bicyclic) bond motifs is 1. The van der Waals surface area contributed by atoms with E-state index in [0.717, 1.165) is 5.03 Å². The zero-order chi connectivity index (χ0) is 8.72. The Balaban J connectivity index is 2.54. The summed E-state index contributed by atoms with van der Waals surface area (Å²) in [4.78, 5) is 1.36. The number of rotatable bonds is 0. The Morgan fingerprint density at radius 1 is 1.67 bits per heavy atom. The van der Waals surface area contributed by atoms with Gasteiger partial charge in [0.15, 0.2) is 0 Å². The Labute approximate surface area is 94.5 Å². The fraction of sp³-hybridized carbons (Fsp3) is 0.250. The first-order chi connectivity index (χ1) is 5.70. The quantitative estimate of drug-likeness (QED) is 0.517. The fourth-order valence-electron chi connectivity index (χ4n) is 1.24. The van der Waals surface area contributed by atoms with Crippen molar-refractivity contribution >= 4 is 50.8 Å². The number of nitrogens with zero attached hydrogens (tertiary/aromatic N) is 1. The van der Waals surface area contributed by atoms with Crippen LogP contribution >= 0.6 is 45.8 Å². The lowest BCUT2D eigenvalue weighted by Crippen LogP contribution is -2.13. The molecule has 0 N–H and O–H groups in total.